The summed E-state index contributed by atoms with van der Waals surface area (Å²) in [6, 6.07) is 5.90. The molecule has 0 radical (unpaired) electrons. The van der Waals surface area contributed by atoms with Crippen molar-refractivity contribution in [1.82, 2.24) is 14.7 Å². The Hall–Kier alpha value is -2.61. The van der Waals surface area contributed by atoms with Gasteiger partial charge >= 0.3 is 12.0 Å². The zero-order valence-electron chi connectivity index (χ0n) is 13.9. The number of morpholine rings is 1. The molecule has 1 aromatic rings. The van der Waals surface area contributed by atoms with E-state index in [1.807, 2.05) is 0 Å². The molecule has 1 aromatic carbocycles. The molecule has 0 aliphatic carbocycles. The van der Waals surface area contributed by atoms with Gasteiger partial charge in [-0.15, -0.1) is 0 Å². The Morgan fingerprint density at radius 1 is 0.760 bits per heavy atom. The van der Waals surface area contributed by atoms with Crippen LogP contribution in [0.5, 0.6) is 0 Å². The number of piperazine rings is 1. The number of rotatable bonds is 2. The first-order valence-electron chi connectivity index (χ1n) is 8.30. The van der Waals surface area contributed by atoms with E-state index in [4.69, 9.17) is 9.84 Å². The van der Waals surface area contributed by atoms with Crippen molar-refractivity contribution >= 4 is 17.9 Å². The van der Waals surface area contributed by atoms with E-state index in [0.29, 0.717) is 58.0 Å². The summed E-state index contributed by atoms with van der Waals surface area (Å²) >= 11 is 0. The number of urea groups is 1. The molecule has 0 saturated carbocycles. The molecule has 3 rings (SSSR count). The van der Waals surface area contributed by atoms with Gasteiger partial charge in [-0.2, -0.15) is 0 Å². The summed E-state index contributed by atoms with van der Waals surface area (Å²) in [5, 5.41) is 8.91. The smallest absolute Gasteiger partial charge is 0.335 e. The van der Waals surface area contributed by atoms with Crippen LogP contribution in [-0.4, -0.2) is 90.2 Å². The van der Waals surface area contributed by atoms with Gasteiger partial charge in [-0.1, -0.05) is 0 Å². The number of hydrogen-bond donors (Lipinski definition) is 1. The van der Waals surface area contributed by atoms with Crippen LogP contribution >= 0.6 is 0 Å². The molecule has 0 unspecified atom stereocenters. The fraction of sp³-hybridized carbons (Fsp3) is 0.471. The molecule has 3 amide bonds. The Kier molecular flexibility index (Phi) is 5.18. The van der Waals surface area contributed by atoms with Crippen molar-refractivity contribution in [3.63, 3.8) is 0 Å². The topological polar surface area (TPSA) is 90.4 Å². The number of carbonyl (C=O) groups is 3. The summed E-state index contributed by atoms with van der Waals surface area (Å²) in [6.07, 6.45) is 0. The number of nitrogens with zero attached hydrogens (tertiary/aromatic N) is 3. The molecule has 25 heavy (non-hydrogen) atoms. The van der Waals surface area contributed by atoms with Gasteiger partial charge in [0.05, 0.1) is 18.8 Å². The summed E-state index contributed by atoms with van der Waals surface area (Å²) in [5.41, 5.74) is 0.607. The first-order chi connectivity index (χ1) is 12.1. The number of carboxylic acids is 1. The molecule has 0 aromatic heterocycles. The number of carbonyl (C=O) groups excluding carboxylic acids is 2. The zero-order valence-corrected chi connectivity index (χ0v) is 13.9. The fourth-order valence-corrected chi connectivity index (χ4v) is 2.99. The van der Waals surface area contributed by atoms with E-state index < -0.39 is 5.97 Å². The molecule has 8 heteroatoms. The SMILES string of the molecule is O=C(O)c1ccc(C(=O)N2CCN(C(=O)N3CCOCC3)CC2)cc1. The van der Waals surface area contributed by atoms with Crippen LogP contribution in [0.1, 0.15) is 20.7 Å². The molecule has 2 fully saturated rings. The van der Waals surface area contributed by atoms with Gasteiger partial charge in [0, 0.05) is 44.8 Å². The van der Waals surface area contributed by atoms with Crippen molar-refractivity contribution in [3.05, 3.63) is 35.4 Å². The third-order valence-electron chi connectivity index (χ3n) is 4.50. The summed E-state index contributed by atoms with van der Waals surface area (Å²) in [7, 11) is 0. The van der Waals surface area contributed by atoms with Gasteiger partial charge in [0.1, 0.15) is 0 Å². The molecule has 2 heterocycles. The largest absolute Gasteiger partial charge is 0.478 e. The zero-order chi connectivity index (χ0) is 17.8. The van der Waals surface area contributed by atoms with Gasteiger partial charge in [-0.05, 0) is 24.3 Å². The molecule has 0 bridgehead atoms. The minimum Gasteiger partial charge on any atom is -0.478 e. The summed E-state index contributed by atoms with van der Waals surface area (Å²) in [5.74, 6) is -1.16. The lowest BCUT2D eigenvalue weighted by Crippen LogP contribution is -2.55. The monoisotopic (exact) mass is 347 g/mol. The highest BCUT2D eigenvalue weighted by Gasteiger charge is 2.28. The lowest BCUT2D eigenvalue weighted by molar-refractivity contribution is 0.0362. The second-order valence-electron chi connectivity index (χ2n) is 6.04. The van der Waals surface area contributed by atoms with Crippen LogP contribution in [0.2, 0.25) is 0 Å². The van der Waals surface area contributed by atoms with Crippen LogP contribution in [0, 0.1) is 0 Å². The first kappa shape index (κ1) is 17.2. The number of carboxylic acid groups (broad SMARTS) is 1. The maximum Gasteiger partial charge on any atom is 0.335 e. The quantitative estimate of drug-likeness (QED) is 0.846. The minimum absolute atomic E-state index is 0.00112. The molecular weight excluding hydrogens is 326 g/mol. The van der Waals surface area contributed by atoms with E-state index in [9.17, 15) is 14.4 Å². The average Bonchev–Trinajstić information content (AvgIpc) is 2.67. The number of amides is 3. The number of hydrogen-bond acceptors (Lipinski definition) is 4. The highest BCUT2D eigenvalue weighted by Crippen LogP contribution is 2.12. The van der Waals surface area contributed by atoms with Gasteiger partial charge in [-0.3, -0.25) is 4.79 Å². The minimum atomic E-state index is -1.02. The standard InChI is InChI=1S/C17H21N3O5/c21-15(13-1-3-14(4-2-13)16(22)23)18-5-7-19(8-6-18)17(24)20-9-11-25-12-10-20/h1-4H,5-12H2,(H,22,23). The first-order valence-corrected chi connectivity index (χ1v) is 8.30. The van der Waals surface area contributed by atoms with Gasteiger partial charge in [0.25, 0.3) is 5.91 Å². The Bertz CT molecular complexity index is 647. The second kappa shape index (κ2) is 7.52. The summed E-state index contributed by atoms with van der Waals surface area (Å²) < 4.78 is 5.26. The normalized spacial score (nSPS) is 18.2. The predicted octanol–water partition coefficient (Wildman–Crippen LogP) is 0.595. The lowest BCUT2D eigenvalue weighted by atomic mass is 10.1. The Morgan fingerprint density at radius 3 is 1.80 bits per heavy atom. The number of benzene rings is 1. The Morgan fingerprint density at radius 2 is 1.24 bits per heavy atom. The molecule has 8 nitrogen and oxygen atoms in total. The third kappa shape index (κ3) is 3.90. The average molecular weight is 347 g/mol. The van der Waals surface area contributed by atoms with Crippen LogP contribution in [0.4, 0.5) is 4.79 Å². The molecule has 134 valence electrons. The van der Waals surface area contributed by atoms with E-state index in [-0.39, 0.29) is 17.5 Å². The second-order valence-corrected chi connectivity index (χ2v) is 6.04. The van der Waals surface area contributed by atoms with Gasteiger partial charge < -0.3 is 24.5 Å². The van der Waals surface area contributed by atoms with Crippen molar-refractivity contribution < 1.29 is 24.2 Å². The van der Waals surface area contributed by atoms with Gasteiger partial charge in [0.15, 0.2) is 0 Å². The molecule has 1 N–H and O–H groups in total. The number of ether oxygens (including phenoxy) is 1. The number of aromatic carboxylic acids is 1. The van der Waals surface area contributed by atoms with Crippen LogP contribution in [0.25, 0.3) is 0 Å². The molecule has 0 spiro atoms. The van der Waals surface area contributed by atoms with Crippen molar-refractivity contribution in [2.24, 2.45) is 0 Å². The molecule has 2 aliphatic rings. The van der Waals surface area contributed by atoms with E-state index in [0.717, 1.165) is 0 Å². The van der Waals surface area contributed by atoms with Gasteiger partial charge in [-0.25, -0.2) is 9.59 Å². The molecule has 2 aliphatic heterocycles. The highest BCUT2D eigenvalue weighted by atomic mass is 16.5. The third-order valence-corrected chi connectivity index (χ3v) is 4.50. The van der Waals surface area contributed by atoms with Crippen molar-refractivity contribution in [1.29, 1.82) is 0 Å². The fourth-order valence-electron chi connectivity index (χ4n) is 2.99. The lowest BCUT2D eigenvalue weighted by Gasteiger charge is -2.38. The summed E-state index contributed by atoms with van der Waals surface area (Å²) in [6.45, 7) is 4.27. The maximum absolute atomic E-state index is 12.5. The van der Waals surface area contributed by atoms with Crippen molar-refractivity contribution in [3.8, 4) is 0 Å². The van der Waals surface area contributed by atoms with E-state index in [1.54, 1.807) is 14.7 Å². The molecule has 0 atom stereocenters. The van der Waals surface area contributed by atoms with E-state index >= 15 is 0 Å². The Labute approximate surface area is 145 Å². The summed E-state index contributed by atoms with van der Waals surface area (Å²) in [4.78, 5) is 41.1. The molecular formula is C17H21N3O5. The predicted molar refractivity (Wildman–Crippen MR) is 88.7 cm³/mol. The Balaban J connectivity index is 1.55. The van der Waals surface area contributed by atoms with Gasteiger partial charge in [0.2, 0.25) is 0 Å². The highest BCUT2D eigenvalue weighted by molar-refractivity contribution is 5.96. The van der Waals surface area contributed by atoms with Crippen molar-refractivity contribution in [2.75, 3.05) is 52.5 Å². The van der Waals surface area contributed by atoms with Crippen LogP contribution in [0.3, 0.4) is 0 Å². The van der Waals surface area contributed by atoms with E-state index in [1.165, 1.54) is 24.3 Å². The van der Waals surface area contributed by atoms with Crippen LogP contribution < -0.4 is 0 Å². The van der Waals surface area contributed by atoms with Crippen LogP contribution in [0.15, 0.2) is 24.3 Å². The van der Waals surface area contributed by atoms with E-state index in [2.05, 4.69) is 0 Å². The van der Waals surface area contributed by atoms with Crippen molar-refractivity contribution in [2.45, 2.75) is 0 Å². The van der Waals surface area contributed by atoms with Crippen LogP contribution in [-0.2, 0) is 4.74 Å². The molecule has 2 saturated heterocycles. The maximum atomic E-state index is 12.5.